The molecule has 0 atom stereocenters. The summed E-state index contributed by atoms with van der Waals surface area (Å²) < 4.78 is 14.8. The largest absolute Gasteiger partial charge is 0.250 e. The number of nitrogens with zero attached hydrogens (tertiary/aromatic N) is 4. The lowest BCUT2D eigenvalue weighted by Crippen LogP contribution is -1.98. The highest BCUT2D eigenvalue weighted by Gasteiger charge is 2.12. The molecule has 0 fully saturated rings. The van der Waals surface area contributed by atoms with Crippen molar-refractivity contribution in [2.45, 2.75) is 6.92 Å². The molecule has 0 saturated heterocycles. The topological polar surface area (TPSA) is 43.6 Å². The molecule has 0 saturated carbocycles. The van der Waals surface area contributed by atoms with Gasteiger partial charge in [-0.3, -0.25) is 0 Å². The molecule has 0 amide bonds. The van der Waals surface area contributed by atoms with E-state index in [0.29, 0.717) is 11.6 Å². The molecule has 2 rings (SSSR count). The average molecular weight is 192 g/mol. The summed E-state index contributed by atoms with van der Waals surface area (Å²) in [6, 6.07) is 2.90. The number of aromatic nitrogens is 4. The summed E-state index contributed by atoms with van der Waals surface area (Å²) in [7, 11) is 1.71. The van der Waals surface area contributed by atoms with Gasteiger partial charge in [-0.25, -0.2) is 19.0 Å². The molecule has 2 aromatic rings. The van der Waals surface area contributed by atoms with Crippen molar-refractivity contribution in [3.8, 4) is 11.5 Å². The zero-order valence-corrected chi connectivity index (χ0v) is 7.90. The molecule has 14 heavy (non-hydrogen) atoms. The summed E-state index contributed by atoms with van der Waals surface area (Å²) in [4.78, 5) is 8.02. The third-order valence-corrected chi connectivity index (χ3v) is 1.84. The van der Waals surface area contributed by atoms with Crippen molar-refractivity contribution in [1.82, 2.24) is 19.7 Å². The van der Waals surface area contributed by atoms with E-state index in [4.69, 9.17) is 0 Å². The molecule has 0 bridgehead atoms. The van der Waals surface area contributed by atoms with E-state index in [0.717, 1.165) is 0 Å². The van der Waals surface area contributed by atoms with Gasteiger partial charge >= 0.3 is 0 Å². The highest BCUT2D eigenvalue weighted by molar-refractivity contribution is 5.49. The molecule has 5 heteroatoms. The van der Waals surface area contributed by atoms with Crippen LogP contribution in [0.25, 0.3) is 11.5 Å². The average Bonchev–Trinajstić information content (AvgIpc) is 2.46. The Morgan fingerprint density at radius 1 is 1.43 bits per heavy atom. The van der Waals surface area contributed by atoms with Gasteiger partial charge in [0.25, 0.3) is 0 Å². The van der Waals surface area contributed by atoms with Crippen LogP contribution in [-0.2, 0) is 7.05 Å². The molecule has 0 aliphatic carbocycles. The van der Waals surface area contributed by atoms with Crippen LogP contribution in [0.3, 0.4) is 0 Å². The quantitative estimate of drug-likeness (QED) is 0.684. The second-order valence-corrected chi connectivity index (χ2v) is 2.94. The minimum absolute atomic E-state index is 0.232. The molecule has 4 nitrogen and oxygen atoms in total. The summed E-state index contributed by atoms with van der Waals surface area (Å²) in [6.07, 6.45) is 1.53. The van der Waals surface area contributed by atoms with Crippen molar-refractivity contribution < 1.29 is 4.39 Å². The maximum atomic E-state index is 13.3. The van der Waals surface area contributed by atoms with E-state index in [2.05, 4.69) is 15.1 Å². The lowest BCUT2D eigenvalue weighted by atomic mass is 10.3. The first-order valence-electron chi connectivity index (χ1n) is 4.17. The lowest BCUT2D eigenvalue weighted by molar-refractivity contribution is 0.621. The number of halogens is 1. The van der Waals surface area contributed by atoms with E-state index in [-0.39, 0.29) is 11.5 Å². The van der Waals surface area contributed by atoms with Gasteiger partial charge in [0.2, 0.25) is 0 Å². The van der Waals surface area contributed by atoms with Gasteiger partial charge in [0.15, 0.2) is 11.6 Å². The number of aryl methyl sites for hydroxylation is 2. The Labute approximate surface area is 80.4 Å². The highest BCUT2D eigenvalue weighted by atomic mass is 19.1. The smallest absolute Gasteiger partial charge is 0.179 e. The number of hydrogen-bond acceptors (Lipinski definition) is 3. The third-order valence-electron chi connectivity index (χ3n) is 1.84. The molecule has 0 aliphatic rings. The van der Waals surface area contributed by atoms with Crippen LogP contribution in [0.2, 0.25) is 0 Å². The molecular formula is C9H9FN4. The Morgan fingerprint density at radius 2 is 2.21 bits per heavy atom. The zero-order chi connectivity index (χ0) is 10.1. The second-order valence-electron chi connectivity index (χ2n) is 2.94. The predicted octanol–water partition coefficient (Wildman–Crippen LogP) is 1.32. The van der Waals surface area contributed by atoms with Crippen molar-refractivity contribution in [2.24, 2.45) is 7.05 Å². The van der Waals surface area contributed by atoms with Gasteiger partial charge in [0, 0.05) is 13.2 Å². The van der Waals surface area contributed by atoms with Gasteiger partial charge in [0.05, 0.1) is 0 Å². The Kier molecular flexibility index (Phi) is 1.99. The molecule has 0 spiro atoms. The first kappa shape index (κ1) is 8.80. The highest BCUT2D eigenvalue weighted by Crippen LogP contribution is 2.16. The van der Waals surface area contributed by atoms with E-state index >= 15 is 0 Å². The standard InChI is InChI=1S/C9H9FN4/c1-6-12-9(14(2)13-6)8-7(10)4-3-5-11-8/h3-5H,1-2H3. The molecule has 72 valence electrons. The number of pyridine rings is 1. The van der Waals surface area contributed by atoms with E-state index in [1.165, 1.54) is 16.9 Å². The van der Waals surface area contributed by atoms with Gasteiger partial charge in [-0.2, -0.15) is 5.10 Å². The lowest BCUT2D eigenvalue weighted by Gasteiger charge is -1.99. The van der Waals surface area contributed by atoms with Crippen molar-refractivity contribution in [3.63, 3.8) is 0 Å². The molecule has 0 N–H and O–H groups in total. The van der Waals surface area contributed by atoms with Gasteiger partial charge in [-0.1, -0.05) is 0 Å². The Bertz CT molecular complexity index is 464. The fourth-order valence-corrected chi connectivity index (χ4v) is 1.27. The Hall–Kier alpha value is -1.78. The first-order chi connectivity index (χ1) is 6.68. The van der Waals surface area contributed by atoms with E-state index in [1.54, 1.807) is 20.0 Å². The second kappa shape index (κ2) is 3.17. The summed E-state index contributed by atoms with van der Waals surface area (Å²) in [5, 5.41) is 4.03. The van der Waals surface area contributed by atoms with Crippen molar-refractivity contribution in [3.05, 3.63) is 30.0 Å². The minimum Gasteiger partial charge on any atom is -0.250 e. The van der Waals surface area contributed by atoms with Crippen LogP contribution in [0.15, 0.2) is 18.3 Å². The molecule has 2 heterocycles. The summed E-state index contributed by atoms with van der Waals surface area (Å²) in [5.41, 5.74) is 0.232. The minimum atomic E-state index is -0.386. The summed E-state index contributed by atoms with van der Waals surface area (Å²) in [6.45, 7) is 1.75. The maximum absolute atomic E-state index is 13.3. The van der Waals surface area contributed by atoms with Crippen molar-refractivity contribution in [2.75, 3.05) is 0 Å². The molecule has 0 aliphatic heterocycles. The van der Waals surface area contributed by atoms with Crippen LogP contribution >= 0.6 is 0 Å². The van der Waals surface area contributed by atoms with Crippen molar-refractivity contribution in [1.29, 1.82) is 0 Å². The molecule has 0 radical (unpaired) electrons. The third kappa shape index (κ3) is 1.37. The monoisotopic (exact) mass is 192 g/mol. The number of rotatable bonds is 1. The van der Waals surface area contributed by atoms with E-state index in [1.807, 2.05) is 0 Å². The summed E-state index contributed by atoms with van der Waals surface area (Å²) in [5.74, 6) is 0.663. The Balaban J connectivity index is 2.60. The van der Waals surface area contributed by atoms with Crippen molar-refractivity contribution >= 4 is 0 Å². The zero-order valence-electron chi connectivity index (χ0n) is 7.90. The fraction of sp³-hybridized carbons (Fsp3) is 0.222. The van der Waals surface area contributed by atoms with Crippen LogP contribution in [-0.4, -0.2) is 19.7 Å². The van der Waals surface area contributed by atoms with Gasteiger partial charge in [-0.05, 0) is 19.1 Å². The predicted molar refractivity (Wildman–Crippen MR) is 48.9 cm³/mol. The Morgan fingerprint density at radius 3 is 2.79 bits per heavy atom. The van der Waals surface area contributed by atoms with Gasteiger partial charge in [0.1, 0.15) is 11.5 Å². The van der Waals surface area contributed by atoms with Crippen LogP contribution in [0.5, 0.6) is 0 Å². The maximum Gasteiger partial charge on any atom is 0.179 e. The van der Waals surface area contributed by atoms with Gasteiger partial charge in [-0.15, -0.1) is 0 Å². The fourth-order valence-electron chi connectivity index (χ4n) is 1.27. The van der Waals surface area contributed by atoms with Crippen LogP contribution in [0.1, 0.15) is 5.82 Å². The molecule has 0 unspecified atom stereocenters. The SMILES string of the molecule is Cc1nc(-c2ncccc2F)n(C)n1. The normalized spacial score (nSPS) is 10.5. The number of hydrogen-bond donors (Lipinski definition) is 0. The molecule has 0 aromatic carbocycles. The van der Waals surface area contributed by atoms with E-state index in [9.17, 15) is 4.39 Å². The first-order valence-corrected chi connectivity index (χ1v) is 4.17. The summed E-state index contributed by atoms with van der Waals surface area (Å²) >= 11 is 0. The molecule has 2 aromatic heterocycles. The van der Waals surface area contributed by atoms with Crippen LogP contribution in [0, 0.1) is 12.7 Å². The van der Waals surface area contributed by atoms with Gasteiger partial charge < -0.3 is 0 Å². The van der Waals surface area contributed by atoms with Crippen LogP contribution < -0.4 is 0 Å². The van der Waals surface area contributed by atoms with E-state index < -0.39 is 0 Å². The van der Waals surface area contributed by atoms with Crippen LogP contribution in [0.4, 0.5) is 4.39 Å². The molecular weight excluding hydrogens is 183 g/mol.